The van der Waals surface area contributed by atoms with Crippen LogP contribution in [-0.4, -0.2) is 37.2 Å². The number of amides is 1. The Hall–Kier alpha value is -3.98. The molecule has 1 atom stereocenters. The third kappa shape index (κ3) is 3.42. The van der Waals surface area contributed by atoms with Crippen LogP contribution in [0.1, 0.15) is 31.0 Å². The molecule has 2 aromatic carbocycles. The molecular formula is C26H23N3O5S. The van der Waals surface area contributed by atoms with Gasteiger partial charge in [0.15, 0.2) is 4.80 Å². The van der Waals surface area contributed by atoms with Gasteiger partial charge in [0.05, 0.1) is 42.8 Å². The van der Waals surface area contributed by atoms with E-state index in [-0.39, 0.29) is 17.0 Å². The van der Waals surface area contributed by atoms with E-state index in [1.807, 2.05) is 31.2 Å². The van der Waals surface area contributed by atoms with Crippen molar-refractivity contribution in [1.29, 1.82) is 0 Å². The van der Waals surface area contributed by atoms with Crippen LogP contribution < -0.4 is 24.5 Å². The highest BCUT2D eigenvalue weighted by Gasteiger charge is 2.36. The summed E-state index contributed by atoms with van der Waals surface area (Å²) in [5.41, 5.74) is 2.92. The molecule has 0 bridgehead atoms. The van der Waals surface area contributed by atoms with Crippen LogP contribution in [0.2, 0.25) is 0 Å². The summed E-state index contributed by atoms with van der Waals surface area (Å²) < 4.78 is 12.1. The second-order valence-electron chi connectivity index (χ2n) is 8.11. The number of allylic oxidation sites excluding steroid dienone is 1. The summed E-state index contributed by atoms with van der Waals surface area (Å²) in [5.74, 6) is -0.134. The SMILES string of the molecule is CCN1C(=O)C(=c2sc3n(c2=O)[C@@H](c2ccc(OC)cc2)C(C(=O)OC)=C(C)N=3)c2ccccc21. The van der Waals surface area contributed by atoms with Crippen LogP contribution in [0.4, 0.5) is 5.69 Å². The molecular weight excluding hydrogens is 466 g/mol. The molecule has 0 saturated heterocycles. The average molecular weight is 490 g/mol. The fraction of sp³-hybridized carbons (Fsp3) is 0.231. The number of hydrogen-bond donors (Lipinski definition) is 0. The van der Waals surface area contributed by atoms with Crippen molar-refractivity contribution in [2.75, 3.05) is 25.7 Å². The highest BCUT2D eigenvalue weighted by molar-refractivity contribution is 7.07. The second kappa shape index (κ2) is 8.66. The van der Waals surface area contributed by atoms with E-state index in [2.05, 4.69) is 4.99 Å². The van der Waals surface area contributed by atoms with E-state index < -0.39 is 12.0 Å². The molecule has 3 aromatic rings. The van der Waals surface area contributed by atoms with E-state index in [1.54, 1.807) is 43.2 Å². The van der Waals surface area contributed by atoms with Crippen LogP contribution in [0.25, 0.3) is 5.57 Å². The minimum absolute atomic E-state index is 0.219. The number of carbonyl (C=O) groups is 2. The number of nitrogens with zero attached hydrogens (tertiary/aromatic N) is 3. The molecule has 1 aromatic heterocycles. The number of para-hydroxylation sites is 1. The van der Waals surface area contributed by atoms with Crippen molar-refractivity contribution in [3.8, 4) is 5.75 Å². The Labute approximate surface area is 205 Å². The molecule has 3 heterocycles. The first kappa shape index (κ1) is 22.8. The molecule has 2 aliphatic heterocycles. The molecule has 0 aliphatic carbocycles. The number of hydrogen-bond acceptors (Lipinski definition) is 7. The maximum Gasteiger partial charge on any atom is 0.338 e. The van der Waals surface area contributed by atoms with Gasteiger partial charge in [0, 0.05) is 12.1 Å². The molecule has 0 spiro atoms. The van der Waals surface area contributed by atoms with Gasteiger partial charge < -0.3 is 14.4 Å². The summed E-state index contributed by atoms with van der Waals surface area (Å²) in [5, 5.41) is 0. The van der Waals surface area contributed by atoms with E-state index in [0.29, 0.717) is 38.5 Å². The average Bonchev–Trinajstić information content (AvgIpc) is 3.34. The minimum atomic E-state index is -0.756. The summed E-state index contributed by atoms with van der Waals surface area (Å²) in [6.07, 6.45) is 0. The van der Waals surface area contributed by atoms with E-state index in [1.165, 1.54) is 11.7 Å². The molecule has 5 rings (SSSR count). The van der Waals surface area contributed by atoms with E-state index in [9.17, 15) is 14.4 Å². The zero-order chi connectivity index (χ0) is 24.9. The van der Waals surface area contributed by atoms with Crippen LogP contribution in [0.15, 0.2) is 69.6 Å². The number of rotatable bonds is 4. The van der Waals surface area contributed by atoms with Gasteiger partial charge in [-0.1, -0.05) is 41.7 Å². The van der Waals surface area contributed by atoms with Gasteiger partial charge >= 0.3 is 5.97 Å². The Morgan fingerprint density at radius 2 is 1.80 bits per heavy atom. The normalized spacial score (nSPS) is 18.2. The van der Waals surface area contributed by atoms with Crippen LogP contribution in [0.5, 0.6) is 5.75 Å². The maximum absolute atomic E-state index is 13.9. The van der Waals surface area contributed by atoms with Crippen molar-refractivity contribution in [3.63, 3.8) is 0 Å². The number of benzene rings is 2. The van der Waals surface area contributed by atoms with Crippen molar-refractivity contribution in [3.05, 3.63) is 90.6 Å². The predicted molar refractivity (Wildman–Crippen MR) is 132 cm³/mol. The molecule has 2 aliphatic rings. The minimum Gasteiger partial charge on any atom is -0.497 e. The van der Waals surface area contributed by atoms with Crippen molar-refractivity contribution < 1.29 is 19.1 Å². The number of carbonyl (C=O) groups excluding carboxylic acids is 2. The molecule has 0 unspecified atom stereocenters. The van der Waals surface area contributed by atoms with Crippen LogP contribution in [0.3, 0.4) is 0 Å². The summed E-state index contributed by atoms with van der Waals surface area (Å²) in [4.78, 5) is 46.8. The lowest BCUT2D eigenvalue weighted by Crippen LogP contribution is -2.40. The van der Waals surface area contributed by atoms with Crippen molar-refractivity contribution >= 4 is 34.5 Å². The molecule has 0 N–H and O–H groups in total. The number of aromatic nitrogens is 1. The van der Waals surface area contributed by atoms with E-state index >= 15 is 0 Å². The second-order valence-corrected chi connectivity index (χ2v) is 9.09. The zero-order valence-corrected chi connectivity index (χ0v) is 20.5. The highest BCUT2D eigenvalue weighted by atomic mass is 32.1. The van der Waals surface area contributed by atoms with Gasteiger partial charge in [0.1, 0.15) is 10.3 Å². The molecule has 35 heavy (non-hydrogen) atoms. The van der Waals surface area contributed by atoms with Gasteiger partial charge in [-0.25, -0.2) is 9.79 Å². The quantitative estimate of drug-likeness (QED) is 0.524. The molecule has 8 nitrogen and oxygen atoms in total. The zero-order valence-electron chi connectivity index (χ0n) is 19.7. The molecule has 9 heteroatoms. The Bertz CT molecular complexity index is 1580. The number of esters is 1. The monoisotopic (exact) mass is 489 g/mol. The van der Waals surface area contributed by atoms with Gasteiger partial charge in [-0.05, 0) is 37.6 Å². The summed E-state index contributed by atoms with van der Waals surface area (Å²) in [7, 11) is 2.87. The number of anilines is 1. The summed E-state index contributed by atoms with van der Waals surface area (Å²) >= 11 is 1.16. The summed E-state index contributed by atoms with van der Waals surface area (Å²) in [6.45, 7) is 4.10. The Morgan fingerprint density at radius 1 is 1.09 bits per heavy atom. The van der Waals surface area contributed by atoms with Gasteiger partial charge in [0.2, 0.25) is 0 Å². The number of likely N-dealkylation sites (N-methyl/N-ethyl adjacent to an activating group) is 1. The fourth-order valence-electron chi connectivity index (χ4n) is 4.66. The van der Waals surface area contributed by atoms with Crippen molar-refractivity contribution in [1.82, 2.24) is 4.57 Å². The Kier molecular flexibility index (Phi) is 5.64. The summed E-state index contributed by atoms with van der Waals surface area (Å²) in [6, 6.07) is 13.8. The smallest absolute Gasteiger partial charge is 0.338 e. The number of thiazole rings is 1. The van der Waals surface area contributed by atoms with Gasteiger partial charge in [-0.3, -0.25) is 14.2 Å². The van der Waals surface area contributed by atoms with Crippen LogP contribution in [-0.2, 0) is 14.3 Å². The third-order valence-electron chi connectivity index (χ3n) is 6.30. The van der Waals surface area contributed by atoms with Gasteiger partial charge in [-0.15, -0.1) is 0 Å². The van der Waals surface area contributed by atoms with Crippen LogP contribution >= 0.6 is 11.3 Å². The topological polar surface area (TPSA) is 90.2 Å². The van der Waals surface area contributed by atoms with E-state index in [0.717, 1.165) is 22.6 Å². The predicted octanol–water partition coefficient (Wildman–Crippen LogP) is 2.15. The number of methoxy groups -OCH3 is 2. The molecule has 0 saturated carbocycles. The Morgan fingerprint density at radius 3 is 2.46 bits per heavy atom. The third-order valence-corrected chi connectivity index (χ3v) is 7.35. The standard InChI is InChI=1S/C26H23N3O5S/c1-5-28-18-9-7-6-8-17(18)20(23(28)30)22-24(31)29-21(15-10-12-16(33-3)13-11-15)19(25(32)34-4)14(2)27-26(29)35-22/h6-13,21H,5H2,1-4H3/t21-/m0/s1. The van der Waals surface area contributed by atoms with Gasteiger partial charge in [-0.2, -0.15) is 0 Å². The van der Waals surface area contributed by atoms with E-state index in [4.69, 9.17) is 9.47 Å². The van der Waals surface area contributed by atoms with Crippen molar-refractivity contribution in [2.45, 2.75) is 19.9 Å². The highest BCUT2D eigenvalue weighted by Crippen LogP contribution is 2.35. The first-order valence-electron chi connectivity index (χ1n) is 11.1. The molecule has 0 radical (unpaired) electrons. The molecule has 0 fully saturated rings. The first-order valence-corrected chi connectivity index (χ1v) is 11.9. The lowest BCUT2D eigenvalue weighted by molar-refractivity contribution is -0.136. The number of ether oxygens (including phenoxy) is 2. The largest absolute Gasteiger partial charge is 0.497 e. The lowest BCUT2D eigenvalue weighted by atomic mass is 9.96. The van der Waals surface area contributed by atoms with Crippen molar-refractivity contribution in [2.24, 2.45) is 4.99 Å². The first-order chi connectivity index (χ1) is 16.9. The number of fused-ring (bicyclic) bond motifs is 2. The Balaban J connectivity index is 1.82. The molecule has 178 valence electrons. The maximum atomic E-state index is 13.9. The lowest BCUT2D eigenvalue weighted by Gasteiger charge is -2.24. The van der Waals surface area contributed by atoms with Gasteiger partial charge in [0.25, 0.3) is 11.5 Å². The molecule has 1 amide bonds. The van der Waals surface area contributed by atoms with Crippen LogP contribution in [0, 0.1) is 0 Å². The fourth-order valence-corrected chi connectivity index (χ4v) is 5.79.